The summed E-state index contributed by atoms with van der Waals surface area (Å²) in [5.74, 6) is -0.0326. The summed E-state index contributed by atoms with van der Waals surface area (Å²) in [6, 6.07) is 9.81. The van der Waals surface area contributed by atoms with Crippen LogP contribution in [0.1, 0.15) is 16.8 Å². The number of carboxylic acid groups (broad SMARTS) is 1. The molecule has 0 fully saturated rings. The van der Waals surface area contributed by atoms with E-state index in [1.807, 2.05) is 47.9 Å². The van der Waals surface area contributed by atoms with Crippen LogP contribution in [0.15, 0.2) is 42.7 Å². The molecule has 0 aliphatic rings. The molecule has 2 N–H and O–H groups in total. The number of amides is 1. The Bertz CT molecular complexity index is 1090. The molecule has 1 aromatic carbocycles. The Hall–Kier alpha value is -3.33. The second kappa shape index (κ2) is 8.37. The average Bonchev–Trinajstić information content (AvgIpc) is 3.28. The number of hydrogen-bond acceptors (Lipinski definition) is 6. The fourth-order valence-corrected chi connectivity index (χ4v) is 3.22. The normalized spacial score (nSPS) is 10.4. The van der Waals surface area contributed by atoms with Crippen LogP contribution in [0.3, 0.4) is 0 Å². The van der Waals surface area contributed by atoms with E-state index in [9.17, 15) is 4.79 Å². The topological polar surface area (TPSA) is 109 Å². The minimum absolute atomic E-state index is 0.0326. The van der Waals surface area contributed by atoms with Crippen molar-refractivity contribution in [2.24, 2.45) is 0 Å². The number of rotatable bonds is 4. The average molecular weight is 383 g/mol. The molecular weight excluding hydrogens is 366 g/mol. The van der Waals surface area contributed by atoms with Crippen molar-refractivity contribution in [2.75, 3.05) is 0 Å². The van der Waals surface area contributed by atoms with Crippen molar-refractivity contribution in [1.82, 2.24) is 23.4 Å². The Balaban J connectivity index is 0.000000659. The van der Waals surface area contributed by atoms with Crippen LogP contribution in [0.5, 0.6) is 0 Å². The van der Waals surface area contributed by atoms with Gasteiger partial charge < -0.3 is 14.8 Å². The van der Waals surface area contributed by atoms with Crippen LogP contribution < -0.4 is 5.32 Å². The van der Waals surface area contributed by atoms with Crippen molar-refractivity contribution in [1.29, 1.82) is 0 Å². The second-order valence-electron chi connectivity index (χ2n) is 5.78. The SMILES string of the molecule is Cc1cccn2c(CC(=O)NCc3ccc4nsnc4c3)cnc12.O=CO. The molecule has 0 aliphatic carbocycles. The van der Waals surface area contributed by atoms with E-state index in [1.165, 1.54) is 11.7 Å². The first-order valence-electron chi connectivity index (χ1n) is 8.09. The zero-order valence-electron chi connectivity index (χ0n) is 14.5. The highest BCUT2D eigenvalue weighted by molar-refractivity contribution is 7.00. The van der Waals surface area contributed by atoms with Gasteiger partial charge in [0.2, 0.25) is 5.91 Å². The van der Waals surface area contributed by atoms with Gasteiger partial charge in [0.1, 0.15) is 16.7 Å². The van der Waals surface area contributed by atoms with Gasteiger partial charge >= 0.3 is 0 Å². The molecule has 0 unspecified atom stereocenters. The molecule has 0 spiro atoms. The van der Waals surface area contributed by atoms with E-state index in [-0.39, 0.29) is 12.4 Å². The summed E-state index contributed by atoms with van der Waals surface area (Å²) in [5.41, 5.74) is 5.62. The summed E-state index contributed by atoms with van der Waals surface area (Å²) in [7, 11) is 0. The molecule has 0 saturated carbocycles. The lowest BCUT2D eigenvalue weighted by molar-refractivity contribution is -0.123. The number of nitrogens with one attached hydrogen (secondary N) is 1. The van der Waals surface area contributed by atoms with E-state index in [0.717, 1.165) is 33.5 Å². The Morgan fingerprint density at radius 3 is 2.89 bits per heavy atom. The maximum absolute atomic E-state index is 12.2. The Morgan fingerprint density at radius 1 is 1.30 bits per heavy atom. The Morgan fingerprint density at radius 2 is 2.07 bits per heavy atom. The maximum atomic E-state index is 12.2. The van der Waals surface area contributed by atoms with E-state index in [2.05, 4.69) is 19.0 Å². The van der Waals surface area contributed by atoms with E-state index in [0.29, 0.717) is 13.0 Å². The summed E-state index contributed by atoms with van der Waals surface area (Å²) in [5, 5.41) is 9.84. The molecule has 9 heteroatoms. The lowest BCUT2D eigenvalue weighted by Gasteiger charge is -2.06. The second-order valence-corrected chi connectivity index (χ2v) is 6.31. The van der Waals surface area contributed by atoms with Gasteiger partial charge in [-0.05, 0) is 36.2 Å². The van der Waals surface area contributed by atoms with Crippen LogP contribution in [0.2, 0.25) is 0 Å². The molecule has 1 amide bonds. The molecule has 27 heavy (non-hydrogen) atoms. The van der Waals surface area contributed by atoms with Crippen LogP contribution in [0.4, 0.5) is 0 Å². The highest BCUT2D eigenvalue weighted by atomic mass is 32.1. The first-order chi connectivity index (χ1) is 13.1. The van der Waals surface area contributed by atoms with Crippen molar-refractivity contribution in [3.8, 4) is 0 Å². The molecule has 4 aromatic rings. The number of aryl methyl sites for hydroxylation is 1. The van der Waals surface area contributed by atoms with E-state index >= 15 is 0 Å². The van der Waals surface area contributed by atoms with Crippen molar-refractivity contribution >= 4 is 40.8 Å². The predicted molar refractivity (Wildman–Crippen MR) is 102 cm³/mol. The lowest BCUT2D eigenvalue weighted by atomic mass is 10.2. The van der Waals surface area contributed by atoms with Crippen LogP contribution in [-0.2, 0) is 22.6 Å². The summed E-state index contributed by atoms with van der Waals surface area (Å²) >= 11 is 1.19. The fraction of sp³-hybridized carbons (Fsp3) is 0.167. The third kappa shape index (κ3) is 4.26. The summed E-state index contributed by atoms with van der Waals surface area (Å²) in [6.45, 7) is 2.23. The molecule has 0 bridgehead atoms. The van der Waals surface area contributed by atoms with Crippen LogP contribution in [-0.4, -0.2) is 35.6 Å². The summed E-state index contributed by atoms with van der Waals surface area (Å²) in [4.78, 5) is 25.0. The van der Waals surface area contributed by atoms with Crippen LogP contribution in [0.25, 0.3) is 16.7 Å². The summed E-state index contributed by atoms with van der Waals surface area (Å²) in [6.07, 6.45) is 3.99. The van der Waals surface area contributed by atoms with Crippen molar-refractivity contribution in [3.63, 3.8) is 0 Å². The number of aromatic nitrogens is 4. The van der Waals surface area contributed by atoms with Gasteiger partial charge in [0.15, 0.2) is 0 Å². The molecule has 8 nitrogen and oxygen atoms in total. The standard InChI is InChI=1S/C17H15N5OS.CH2O2/c1-11-3-2-6-22-13(10-19-17(11)22)8-16(23)18-9-12-4-5-14-15(7-12)21-24-20-14;2-1-3/h2-7,10H,8-9H2,1H3,(H,18,23);1H,(H,2,3). The minimum atomic E-state index is -0.250. The van der Waals surface area contributed by atoms with Gasteiger partial charge in [0.05, 0.1) is 23.8 Å². The van der Waals surface area contributed by atoms with Gasteiger partial charge in [-0.3, -0.25) is 9.59 Å². The molecule has 0 atom stereocenters. The summed E-state index contributed by atoms with van der Waals surface area (Å²) < 4.78 is 10.4. The highest BCUT2D eigenvalue weighted by Crippen LogP contribution is 2.14. The predicted octanol–water partition coefficient (Wildman–Crippen LogP) is 2.21. The van der Waals surface area contributed by atoms with E-state index in [4.69, 9.17) is 9.90 Å². The van der Waals surface area contributed by atoms with Gasteiger partial charge in [-0.2, -0.15) is 8.75 Å². The minimum Gasteiger partial charge on any atom is -0.483 e. The Labute approximate surface area is 158 Å². The number of benzene rings is 1. The van der Waals surface area contributed by atoms with Crippen LogP contribution in [0, 0.1) is 6.92 Å². The molecule has 0 radical (unpaired) electrons. The van der Waals surface area contributed by atoms with Crippen molar-refractivity contribution in [2.45, 2.75) is 19.9 Å². The molecule has 4 rings (SSSR count). The smallest absolute Gasteiger partial charge is 0.290 e. The molecule has 0 aliphatic heterocycles. The number of imidazole rings is 1. The monoisotopic (exact) mass is 383 g/mol. The zero-order chi connectivity index (χ0) is 19.2. The van der Waals surface area contributed by atoms with Crippen molar-refractivity contribution < 1.29 is 14.7 Å². The van der Waals surface area contributed by atoms with Crippen LogP contribution >= 0.6 is 11.7 Å². The fourth-order valence-electron chi connectivity index (χ4n) is 2.70. The lowest BCUT2D eigenvalue weighted by Crippen LogP contribution is -2.25. The Kier molecular flexibility index (Phi) is 5.72. The first-order valence-corrected chi connectivity index (χ1v) is 8.82. The molecule has 3 aromatic heterocycles. The number of nitrogens with zero attached hydrogens (tertiary/aromatic N) is 4. The largest absolute Gasteiger partial charge is 0.483 e. The van der Waals surface area contributed by atoms with Gasteiger partial charge in [-0.1, -0.05) is 12.1 Å². The van der Waals surface area contributed by atoms with E-state index in [1.54, 1.807) is 6.20 Å². The number of pyridine rings is 1. The number of hydrogen-bond donors (Lipinski definition) is 2. The number of fused-ring (bicyclic) bond motifs is 2. The molecule has 0 saturated heterocycles. The number of carbonyl (C=O) groups excluding carboxylic acids is 1. The maximum Gasteiger partial charge on any atom is 0.290 e. The third-order valence-corrected chi connectivity index (χ3v) is 4.51. The highest BCUT2D eigenvalue weighted by Gasteiger charge is 2.10. The molecule has 138 valence electrons. The zero-order valence-corrected chi connectivity index (χ0v) is 15.3. The molecule has 3 heterocycles. The van der Waals surface area contributed by atoms with Gasteiger partial charge in [-0.25, -0.2) is 4.98 Å². The number of carbonyl (C=O) groups is 2. The molecular formula is C18H17N5O3S. The van der Waals surface area contributed by atoms with Gasteiger partial charge in [0, 0.05) is 18.9 Å². The van der Waals surface area contributed by atoms with Gasteiger partial charge in [0.25, 0.3) is 6.47 Å². The van der Waals surface area contributed by atoms with E-state index < -0.39 is 0 Å². The quantitative estimate of drug-likeness (QED) is 0.523. The third-order valence-electron chi connectivity index (χ3n) is 3.96. The van der Waals surface area contributed by atoms with Gasteiger partial charge in [-0.15, -0.1) is 0 Å². The first kappa shape index (κ1) is 18.5. The van der Waals surface area contributed by atoms with Crippen molar-refractivity contribution in [3.05, 3.63) is 59.5 Å².